The third kappa shape index (κ3) is 5.88. The number of aromatic nitrogens is 2. The fourth-order valence-electron chi connectivity index (χ4n) is 3.39. The zero-order valence-corrected chi connectivity index (χ0v) is 18.1. The van der Waals surface area contributed by atoms with Crippen molar-refractivity contribution in [1.82, 2.24) is 9.97 Å². The van der Waals surface area contributed by atoms with Crippen LogP contribution < -0.4 is 10.1 Å². The Balaban J connectivity index is 1.62. The zero-order valence-electron chi connectivity index (χ0n) is 18.1. The van der Waals surface area contributed by atoms with E-state index in [0.29, 0.717) is 5.56 Å². The number of hydrogen-bond donors (Lipinski definition) is 1. The Morgan fingerprint density at radius 2 is 1.74 bits per heavy atom. The minimum Gasteiger partial charge on any atom is -0.491 e. The lowest BCUT2D eigenvalue weighted by Crippen LogP contribution is -2.13. The van der Waals surface area contributed by atoms with Crippen molar-refractivity contribution in [3.05, 3.63) is 58.9 Å². The summed E-state index contributed by atoms with van der Waals surface area (Å²) in [5.74, 6) is 0.000328. The molecule has 182 valence electrons. The van der Waals surface area contributed by atoms with E-state index in [1.54, 1.807) is 0 Å². The van der Waals surface area contributed by atoms with E-state index in [2.05, 4.69) is 15.3 Å². The molecule has 2 aromatic carbocycles. The van der Waals surface area contributed by atoms with Crippen molar-refractivity contribution in [2.24, 2.45) is 0 Å². The number of nitrogens with zero attached hydrogens (tertiary/aromatic N) is 2. The largest absolute Gasteiger partial charge is 0.491 e. The maximum absolute atomic E-state index is 13.7. The maximum Gasteiger partial charge on any atom is 0.420 e. The van der Waals surface area contributed by atoms with Crippen LogP contribution in [0.3, 0.4) is 0 Å². The molecule has 1 aliphatic carbocycles. The van der Waals surface area contributed by atoms with E-state index in [1.165, 1.54) is 25.1 Å². The second-order valence-corrected chi connectivity index (χ2v) is 7.95. The monoisotopic (exact) mass is 485 g/mol. The Labute approximate surface area is 191 Å². The maximum atomic E-state index is 13.7. The minimum absolute atomic E-state index is 0.0259. The molecule has 0 amide bonds. The van der Waals surface area contributed by atoms with Crippen LogP contribution in [0, 0.1) is 6.92 Å². The number of benzene rings is 2. The van der Waals surface area contributed by atoms with Gasteiger partial charge in [-0.2, -0.15) is 26.3 Å². The molecule has 0 atom stereocenters. The molecule has 1 fully saturated rings. The smallest absolute Gasteiger partial charge is 0.420 e. The van der Waals surface area contributed by atoms with E-state index in [4.69, 9.17) is 9.47 Å². The van der Waals surface area contributed by atoms with Gasteiger partial charge in [-0.3, -0.25) is 0 Å². The van der Waals surface area contributed by atoms with Crippen LogP contribution in [0.1, 0.15) is 35.4 Å². The van der Waals surface area contributed by atoms with Crippen molar-refractivity contribution in [3.8, 4) is 5.75 Å². The minimum atomic E-state index is -4.68. The summed E-state index contributed by atoms with van der Waals surface area (Å²) in [6.45, 7) is 1.58. The summed E-state index contributed by atoms with van der Waals surface area (Å²) >= 11 is 0. The second-order valence-electron chi connectivity index (χ2n) is 7.95. The van der Waals surface area contributed by atoms with Crippen LogP contribution in [0.2, 0.25) is 0 Å². The van der Waals surface area contributed by atoms with Crippen LogP contribution in [0.5, 0.6) is 5.75 Å². The van der Waals surface area contributed by atoms with Crippen LogP contribution in [0.25, 0.3) is 10.9 Å². The standard InChI is InChI=1S/C23H21F6N3O2/c1-13-31-19-11-18(23(27,28)29)20(34-8-7-33-16-5-6-16)10-17(19)21(32-13)30-12-14-3-2-4-15(9-14)22(24,25)26/h2-4,9-11,16H,5-8,12H2,1H3,(H,30,31,32). The highest BCUT2D eigenvalue weighted by molar-refractivity contribution is 5.91. The second kappa shape index (κ2) is 9.28. The predicted octanol–water partition coefficient (Wildman–Crippen LogP) is 6.15. The van der Waals surface area contributed by atoms with E-state index in [1.807, 2.05) is 0 Å². The summed E-state index contributed by atoms with van der Waals surface area (Å²) in [5, 5.41) is 3.17. The lowest BCUT2D eigenvalue weighted by molar-refractivity contribution is -0.139. The number of anilines is 1. The molecule has 34 heavy (non-hydrogen) atoms. The van der Waals surface area contributed by atoms with E-state index < -0.39 is 29.2 Å². The van der Waals surface area contributed by atoms with Gasteiger partial charge in [0.1, 0.15) is 24.0 Å². The van der Waals surface area contributed by atoms with Gasteiger partial charge in [-0.25, -0.2) is 9.97 Å². The van der Waals surface area contributed by atoms with Crippen molar-refractivity contribution < 1.29 is 35.8 Å². The molecule has 1 aromatic heterocycles. The van der Waals surface area contributed by atoms with Gasteiger partial charge in [-0.05, 0) is 49.6 Å². The molecule has 1 saturated carbocycles. The molecule has 1 aliphatic rings. The fraction of sp³-hybridized carbons (Fsp3) is 0.391. The molecule has 5 nitrogen and oxygen atoms in total. The molecule has 0 unspecified atom stereocenters. The van der Waals surface area contributed by atoms with Crippen molar-refractivity contribution in [1.29, 1.82) is 0 Å². The van der Waals surface area contributed by atoms with E-state index >= 15 is 0 Å². The van der Waals surface area contributed by atoms with Crippen LogP contribution in [-0.2, 0) is 23.6 Å². The van der Waals surface area contributed by atoms with Gasteiger partial charge >= 0.3 is 12.4 Å². The molecular formula is C23H21F6N3O2. The summed E-state index contributed by atoms with van der Waals surface area (Å²) < 4.78 is 90.8. The molecule has 1 heterocycles. The number of ether oxygens (including phenoxy) is 2. The van der Waals surface area contributed by atoms with Gasteiger partial charge in [0.15, 0.2) is 0 Å². The van der Waals surface area contributed by atoms with Gasteiger partial charge in [0.05, 0.1) is 29.4 Å². The highest BCUT2D eigenvalue weighted by Gasteiger charge is 2.35. The van der Waals surface area contributed by atoms with Gasteiger partial charge in [-0.1, -0.05) is 12.1 Å². The lowest BCUT2D eigenvalue weighted by atomic mass is 10.1. The van der Waals surface area contributed by atoms with E-state index in [0.717, 1.165) is 31.0 Å². The highest BCUT2D eigenvalue weighted by atomic mass is 19.4. The SMILES string of the molecule is Cc1nc(NCc2cccc(C(F)(F)F)c2)c2cc(OCCOC3CC3)c(C(F)(F)F)cc2n1. The van der Waals surface area contributed by atoms with Gasteiger partial charge in [0.25, 0.3) is 0 Å². The van der Waals surface area contributed by atoms with Gasteiger partial charge in [0, 0.05) is 11.9 Å². The molecule has 11 heteroatoms. The van der Waals surface area contributed by atoms with E-state index in [-0.39, 0.29) is 48.4 Å². The Bertz CT molecular complexity index is 1180. The molecule has 0 radical (unpaired) electrons. The number of nitrogens with one attached hydrogen (secondary N) is 1. The number of fused-ring (bicyclic) bond motifs is 1. The normalized spacial score (nSPS) is 14.4. The average molecular weight is 485 g/mol. The molecule has 3 aromatic rings. The molecular weight excluding hydrogens is 464 g/mol. The van der Waals surface area contributed by atoms with Gasteiger partial charge in [-0.15, -0.1) is 0 Å². The molecule has 0 saturated heterocycles. The predicted molar refractivity (Wildman–Crippen MR) is 113 cm³/mol. The van der Waals surface area contributed by atoms with E-state index in [9.17, 15) is 26.3 Å². The van der Waals surface area contributed by atoms with Crippen LogP contribution in [-0.4, -0.2) is 29.3 Å². The fourth-order valence-corrected chi connectivity index (χ4v) is 3.39. The van der Waals surface area contributed by atoms with Crippen molar-refractivity contribution >= 4 is 16.7 Å². The summed E-state index contributed by atoms with van der Waals surface area (Å²) in [5.41, 5.74) is -1.41. The number of rotatable bonds is 8. The van der Waals surface area contributed by atoms with Crippen LogP contribution in [0.4, 0.5) is 32.2 Å². The number of alkyl halides is 6. The first-order valence-electron chi connectivity index (χ1n) is 10.5. The summed E-state index contributed by atoms with van der Waals surface area (Å²) in [6, 6.07) is 6.84. The number of halogens is 6. The Morgan fingerprint density at radius 1 is 0.971 bits per heavy atom. The molecule has 0 spiro atoms. The number of aryl methyl sites for hydroxylation is 1. The first-order valence-corrected chi connectivity index (χ1v) is 10.5. The molecule has 1 N–H and O–H groups in total. The van der Waals surface area contributed by atoms with Gasteiger partial charge < -0.3 is 14.8 Å². The quantitative estimate of drug-likeness (QED) is 0.307. The number of hydrogen-bond acceptors (Lipinski definition) is 5. The highest BCUT2D eigenvalue weighted by Crippen LogP contribution is 2.40. The third-order valence-corrected chi connectivity index (χ3v) is 5.15. The summed E-state index contributed by atoms with van der Waals surface area (Å²) in [7, 11) is 0. The first-order chi connectivity index (χ1) is 16.0. The van der Waals surface area contributed by atoms with Crippen LogP contribution in [0.15, 0.2) is 36.4 Å². The Kier molecular flexibility index (Phi) is 6.57. The Morgan fingerprint density at radius 3 is 2.41 bits per heavy atom. The first kappa shape index (κ1) is 24.1. The average Bonchev–Trinajstić information content (AvgIpc) is 3.58. The molecule has 4 rings (SSSR count). The molecule has 0 bridgehead atoms. The van der Waals surface area contributed by atoms with Crippen molar-refractivity contribution in [2.75, 3.05) is 18.5 Å². The third-order valence-electron chi connectivity index (χ3n) is 5.15. The van der Waals surface area contributed by atoms with Crippen LogP contribution >= 0.6 is 0 Å². The van der Waals surface area contributed by atoms with Crippen molar-refractivity contribution in [3.63, 3.8) is 0 Å². The summed E-state index contributed by atoms with van der Waals surface area (Å²) in [6.07, 6.45) is -7.16. The van der Waals surface area contributed by atoms with Crippen molar-refractivity contribution in [2.45, 2.75) is 44.8 Å². The summed E-state index contributed by atoms with van der Waals surface area (Å²) in [4.78, 5) is 8.34. The molecule has 0 aliphatic heterocycles. The zero-order chi connectivity index (χ0) is 24.5. The lowest BCUT2D eigenvalue weighted by Gasteiger charge is -2.17. The van der Waals surface area contributed by atoms with Gasteiger partial charge in [0.2, 0.25) is 0 Å². The topological polar surface area (TPSA) is 56.3 Å². The Hall–Kier alpha value is -3.08.